The zero-order chi connectivity index (χ0) is 15.0. The van der Waals surface area contributed by atoms with Crippen molar-refractivity contribution in [1.82, 2.24) is 4.98 Å². The fourth-order valence-electron chi connectivity index (χ4n) is 2.74. The van der Waals surface area contributed by atoms with Crippen LogP contribution in [-0.2, 0) is 0 Å². The molecule has 0 aliphatic heterocycles. The normalized spacial score (nSPS) is 21.0. The van der Waals surface area contributed by atoms with E-state index in [-0.39, 0.29) is 5.82 Å². The largest absolute Gasteiger partial charge is 0.380 e. The van der Waals surface area contributed by atoms with Crippen molar-refractivity contribution in [2.24, 2.45) is 0 Å². The Morgan fingerprint density at radius 1 is 1.24 bits per heavy atom. The van der Waals surface area contributed by atoms with Gasteiger partial charge in [-0.05, 0) is 55.0 Å². The van der Waals surface area contributed by atoms with Crippen LogP contribution in [0.15, 0.2) is 30.3 Å². The zero-order valence-electron chi connectivity index (χ0n) is 11.5. The molecule has 0 amide bonds. The van der Waals surface area contributed by atoms with Crippen molar-refractivity contribution in [1.29, 1.82) is 0 Å². The number of nitrogens with one attached hydrogen (secondary N) is 1. The van der Waals surface area contributed by atoms with Crippen molar-refractivity contribution in [3.63, 3.8) is 0 Å². The molecule has 0 saturated heterocycles. The molecule has 1 heterocycles. The van der Waals surface area contributed by atoms with Crippen LogP contribution in [0.2, 0.25) is 10.3 Å². The van der Waals surface area contributed by atoms with E-state index in [0.29, 0.717) is 22.3 Å². The number of rotatable bonds is 3. The number of aryl methyl sites for hydroxylation is 1. The molecule has 0 bridgehead atoms. The molecule has 3 rings (SSSR count). The van der Waals surface area contributed by atoms with E-state index in [9.17, 15) is 4.39 Å². The summed E-state index contributed by atoms with van der Waals surface area (Å²) < 4.78 is 13.2. The van der Waals surface area contributed by atoms with Crippen LogP contribution < -0.4 is 5.32 Å². The minimum Gasteiger partial charge on any atom is -0.380 e. The lowest BCUT2D eigenvalue weighted by molar-refractivity contribution is 0.373. The topological polar surface area (TPSA) is 24.9 Å². The van der Waals surface area contributed by atoms with Gasteiger partial charge in [-0.25, -0.2) is 9.37 Å². The molecule has 21 heavy (non-hydrogen) atoms. The predicted octanol–water partition coefficient (Wildman–Crippen LogP) is 5.19. The van der Waals surface area contributed by atoms with Gasteiger partial charge in [0.05, 0.1) is 5.69 Å². The first kappa shape index (κ1) is 14.6. The summed E-state index contributed by atoms with van der Waals surface area (Å²) in [5.74, 6) is 0.224. The molecule has 110 valence electrons. The van der Waals surface area contributed by atoms with Gasteiger partial charge in [0, 0.05) is 6.04 Å². The van der Waals surface area contributed by atoms with Crippen LogP contribution in [0.1, 0.15) is 29.9 Å². The molecule has 1 aromatic heterocycles. The highest BCUT2D eigenvalue weighted by Gasteiger charge is 2.31. The lowest BCUT2D eigenvalue weighted by atomic mass is 9.76. The van der Waals surface area contributed by atoms with E-state index < -0.39 is 0 Å². The second kappa shape index (κ2) is 5.82. The van der Waals surface area contributed by atoms with E-state index >= 15 is 0 Å². The average Bonchev–Trinajstić information content (AvgIpc) is 2.35. The number of anilines is 1. The summed E-state index contributed by atoms with van der Waals surface area (Å²) in [5.41, 5.74) is 2.88. The summed E-state index contributed by atoms with van der Waals surface area (Å²) in [6.45, 7) is 1.95. The average molecular weight is 325 g/mol. The monoisotopic (exact) mass is 324 g/mol. The number of aromatic nitrogens is 1. The molecule has 1 fully saturated rings. The third kappa shape index (κ3) is 3.14. The van der Waals surface area contributed by atoms with Crippen LogP contribution in [0.5, 0.6) is 0 Å². The Morgan fingerprint density at radius 3 is 2.67 bits per heavy atom. The van der Waals surface area contributed by atoms with Crippen molar-refractivity contribution in [2.45, 2.75) is 31.7 Å². The summed E-state index contributed by atoms with van der Waals surface area (Å²) in [4.78, 5) is 4.05. The Hall–Kier alpha value is -1.32. The van der Waals surface area contributed by atoms with Gasteiger partial charge in [-0.3, -0.25) is 0 Å². The van der Waals surface area contributed by atoms with Crippen molar-refractivity contribution >= 4 is 28.9 Å². The van der Waals surface area contributed by atoms with Gasteiger partial charge < -0.3 is 5.32 Å². The molecule has 1 aliphatic rings. The maximum Gasteiger partial charge on any atom is 0.154 e. The molecule has 5 heteroatoms. The van der Waals surface area contributed by atoms with Crippen molar-refractivity contribution in [3.8, 4) is 0 Å². The lowest BCUT2D eigenvalue weighted by Gasteiger charge is -2.37. The van der Waals surface area contributed by atoms with Crippen molar-refractivity contribution < 1.29 is 4.39 Å². The van der Waals surface area contributed by atoms with Gasteiger partial charge >= 0.3 is 0 Å². The standard InChI is InChI=1S/C16H15Cl2FN2/c1-9-5-14(17)21-16(18)15(9)20-13-7-11(8-13)10-3-2-4-12(19)6-10/h2-6,11,13,20H,7-8H2,1H3. The SMILES string of the molecule is Cc1cc(Cl)nc(Cl)c1NC1CC(c2cccc(F)c2)C1. The van der Waals surface area contributed by atoms with E-state index in [4.69, 9.17) is 23.2 Å². The minimum absolute atomic E-state index is 0.176. The number of nitrogens with zero attached hydrogens (tertiary/aromatic N) is 1. The van der Waals surface area contributed by atoms with Crippen LogP contribution in [0.25, 0.3) is 0 Å². The highest BCUT2D eigenvalue weighted by molar-refractivity contribution is 6.34. The Bertz CT molecular complexity index is 646. The molecule has 0 spiro atoms. The van der Waals surface area contributed by atoms with E-state index in [1.807, 2.05) is 13.0 Å². The van der Waals surface area contributed by atoms with E-state index in [1.165, 1.54) is 6.07 Å². The van der Waals surface area contributed by atoms with Crippen LogP contribution >= 0.6 is 23.2 Å². The zero-order valence-corrected chi connectivity index (χ0v) is 13.0. The Morgan fingerprint density at radius 2 is 2.00 bits per heavy atom. The predicted molar refractivity (Wildman–Crippen MR) is 84.8 cm³/mol. The first-order valence-electron chi connectivity index (χ1n) is 6.87. The number of benzene rings is 1. The fourth-order valence-corrected chi connectivity index (χ4v) is 3.33. The summed E-state index contributed by atoms with van der Waals surface area (Å²) in [6, 6.07) is 8.95. The molecule has 1 aliphatic carbocycles. The third-order valence-electron chi connectivity index (χ3n) is 3.95. The Kier molecular flexibility index (Phi) is 4.05. The number of pyridine rings is 1. The molecular weight excluding hydrogens is 310 g/mol. The van der Waals surface area contributed by atoms with Gasteiger partial charge in [0.1, 0.15) is 11.0 Å². The van der Waals surface area contributed by atoms with Gasteiger partial charge in [-0.2, -0.15) is 0 Å². The van der Waals surface area contributed by atoms with Crippen LogP contribution in [-0.4, -0.2) is 11.0 Å². The van der Waals surface area contributed by atoms with E-state index in [2.05, 4.69) is 10.3 Å². The minimum atomic E-state index is -0.176. The van der Waals surface area contributed by atoms with E-state index in [0.717, 1.165) is 29.7 Å². The number of hydrogen-bond donors (Lipinski definition) is 1. The molecule has 0 radical (unpaired) electrons. The molecule has 2 nitrogen and oxygen atoms in total. The van der Waals surface area contributed by atoms with Gasteiger partial charge in [-0.1, -0.05) is 35.3 Å². The Balaban J connectivity index is 1.65. The highest BCUT2D eigenvalue weighted by Crippen LogP contribution is 2.40. The first-order valence-corrected chi connectivity index (χ1v) is 7.63. The van der Waals surface area contributed by atoms with Crippen molar-refractivity contribution in [2.75, 3.05) is 5.32 Å². The third-order valence-corrected chi connectivity index (χ3v) is 4.41. The highest BCUT2D eigenvalue weighted by atomic mass is 35.5. The number of halogens is 3. The van der Waals surface area contributed by atoms with Gasteiger partial charge in [0.2, 0.25) is 0 Å². The molecule has 1 N–H and O–H groups in total. The summed E-state index contributed by atoms with van der Waals surface area (Å²) in [5, 5.41) is 4.20. The molecule has 0 unspecified atom stereocenters. The summed E-state index contributed by atoms with van der Waals surface area (Å²) in [7, 11) is 0. The fraction of sp³-hybridized carbons (Fsp3) is 0.312. The van der Waals surface area contributed by atoms with Gasteiger partial charge in [0.15, 0.2) is 5.15 Å². The smallest absolute Gasteiger partial charge is 0.154 e. The summed E-state index contributed by atoms with van der Waals surface area (Å²) in [6.07, 6.45) is 1.92. The lowest BCUT2D eigenvalue weighted by Crippen LogP contribution is -2.34. The molecule has 2 aromatic rings. The molecule has 1 saturated carbocycles. The Labute approximate surface area is 133 Å². The van der Waals surface area contributed by atoms with Crippen LogP contribution in [0, 0.1) is 12.7 Å². The van der Waals surface area contributed by atoms with E-state index in [1.54, 1.807) is 18.2 Å². The second-order valence-corrected chi connectivity index (χ2v) is 6.24. The maximum absolute atomic E-state index is 13.2. The number of hydrogen-bond acceptors (Lipinski definition) is 2. The second-order valence-electron chi connectivity index (χ2n) is 5.49. The molecular formula is C16H15Cl2FN2. The van der Waals surface area contributed by atoms with Crippen LogP contribution in [0.3, 0.4) is 0 Å². The summed E-state index contributed by atoms with van der Waals surface area (Å²) >= 11 is 12.0. The first-order chi connectivity index (χ1) is 10.0. The van der Waals surface area contributed by atoms with Crippen LogP contribution in [0.4, 0.5) is 10.1 Å². The quantitative estimate of drug-likeness (QED) is 0.785. The molecule has 0 atom stereocenters. The van der Waals surface area contributed by atoms with Gasteiger partial charge in [0.25, 0.3) is 0 Å². The van der Waals surface area contributed by atoms with Gasteiger partial charge in [-0.15, -0.1) is 0 Å². The maximum atomic E-state index is 13.2. The van der Waals surface area contributed by atoms with Crippen molar-refractivity contribution in [3.05, 3.63) is 57.6 Å². The molecule has 1 aromatic carbocycles.